The number of carbonyl (C=O) groups is 1. The van der Waals surface area contributed by atoms with E-state index in [0.717, 1.165) is 18.6 Å². The molecule has 1 amide bonds. The van der Waals surface area contributed by atoms with Crippen LogP contribution in [0.4, 0.5) is 19.0 Å². The van der Waals surface area contributed by atoms with Crippen molar-refractivity contribution >= 4 is 11.7 Å². The second-order valence-corrected chi connectivity index (χ2v) is 8.45. The fraction of sp³-hybridized carbons (Fsp3) is 0.435. The van der Waals surface area contributed by atoms with Gasteiger partial charge in [0.25, 0.3) is 0 Å². The Morgan fingerprint density at radius 1 is 1.25 bits per heavy atom. The molecule has 2 aromatic rings. The number of benzene rings is 1. The van der Waals surface area contributed by atoms with Crippen molar-refractivity contribution in [3.05, 3.63) is 48.0 Å². The van der Waals surface area contributed by atoms with E-state index in [-0.39, 0.29) is 18.5 Å². The van der Waals surface area contributed by atoms with Crippen molar-refractivity contribution < 1.29 is 18.0 Å². The summed E-state index contributed by atoms with van der Waals surface area (Å²) >= 11 is 0. The number of hydrogen-bond donors (Lipinski definition) is 2. The van der Waals surface area contributed by atoms with Gasteiger partial charge in [0.05, 0.1) is 23.9 Å². The van der Waals surface area contributed by atoms with E-state index in [0.29, 0.717) is 36.6 Å². The number of carbonyl (C=O) groups excluding carboxylic acids is 1. The van der Waals surface area contributed by atoms with E-state index in [1.807, 2.05) is 13.8 Å². The SMILES string of the molecule is CC(C)(CNc1cccc(-c2cccc(C(F)(F)F)c2)n1)NCC(=O)N1CCCC1C#N. The third-order valence-electron chi connectivity index (χ3n) is 5.39. The Morgan fingerprint density at radius 2 is 2.00 bits per heavy atom. The van der Waals surface area contributed by atoms with Crippen molar-refractivity contribution in [3.8, 4) is 17.3 Å². The van der Waals surface area contributed by atoms with E-state index in [1.54, 1.807) is 29.2 Å². The quantitative estimate of drug-likeness (QED) is 0.672. The first-order valence-corrected chi connectivity index (χ1v) is 10.4. The molecule has 6 nitrogen and oxygen atoms in total. The van der Waals surface area contributed by atoms with Gasteiger partial charge in [0, 0.05) is 24.2 Å². The molecule has 0 bridgehead atoms. The van der Waals surface area contributed by atoms with Gasteiger partial charge in [-0.25, -0.2) is 4.98 Å². The summed E-state index contributed by atoms with van der Waals surface area (Å²) in [6.45, 7) is 5.00. The number of amides is 1. The van der Waals surface area contributed by atoms with Gasteiger partial charge in [0.2, 0.25) is 5.91 Å². The maximum atomic E-state index is 13.0. The van der Waals surface area contributed by atoms with E-state index in [2.05, 4.69) is 21.7 Å². The molecule has 0 spiro atoms. The summed E-state index contributed by atoms with van der Waals surface area (Å²) in [5.74, 6) is 0.414. The normalized spacial score (nSPS) is 16.6. The van der Waals surface area contributed by atoms with E-state index in [1.165, 1.54) is 6.07 Å². The first kappa shape index (κ1) is 23.5. The van der Waals surface area contributed by atoms with Crippen LogP contribution >= 0.6 is 0 Å². The van der Waals surface area contributed by atoms with Gasteiger partial charge in [-0.1, -0.05) is 18.2 Å². The minimum absolute atomic E-state index is 0.105. The molecule has 1 unspecified atom stereocenters. The molecule has 9 heteroatoms. The summed E-state index contributed by atoms with van der Waals surface area (Å²) in [7, 11) is 0. The summed E-state index contributed by atoms with van der Waals surface area (Å²) in [6, 6.07) is 12.0. The van der Waals surface area contributed by atoms with Gasteiger partial charge in [0.15, 0.2) is 0 Å². The molecule has 32 heavy (non-hydrogen) atoms. The van der Waals surface area contributed by atoms with Crippen LogP contribution in [0.2, 0.25) is 0 Å². The van der Waals surface area contributed by atoms with Crippen LogP contribution in [0.25, 0.3) is 11.3 Å². The Morgan fingerprint density at radius 3 is 2.72 bits per heavy atom. The zero-order valence-electron chi connectivity index (χ0n) is 18.0. The Labute approximate surface area is 185 Å². The maximum Gasteiger partial charge on any atom is 0.416 e. The number of pyridine rings is 1. The molecule has 1 saturated heterocycles. The highest BCUT2D eigenvalue weighted by atomic mass is 19.4. The van der Waals surface area contributed by atoms with Crippen LogP contribution in [0.1, 0.15) is 32.3 Å². The van der Waals surface area contributed by atoms with Gasteiger partial charge < -0.3 is 15.5 Å². The maximum absolute atomic E-state index is 13.0. The molecule has 1 aromatic carbocycles. The highest BCUT2D eigenvalue weighted by molar-refractivity contribution is 5.79. The Bertz CT molecular complexity index is 1000. The summed E-state index contributed by atoms with van der Waals surface area (Å²) < 4.78 is 39.0. The summed E-state index contributed by atoms with van der Waals surface area (Å²) in [5, 5.41) is 15.5. The number of hydrogen-bond acceptors (Lipinski definition) is 5. The minimum atomic E-state index is -4.42. The Hall–Kier alpha value is -3.12. The second kappa shape index (κ2) is 9.57. The van der Waals surface area contributed by atoms with Crippen molar-refractivity contribution in [2.75, 3.05) is 25.0 Å². The number of halogens is 3. The molecule has 170 valence electrons. The number of anilines is 1. The highest BCUT2D eigenvalue weighted by Gasteiger charge is 2.31. The number of alkyl halides is 3. The predicted molar refractivity (Wildman–Crippen MR) is 116 cm³/mol. The third kappa shape index (κ3) is 5.98. The fourth-order valence-electron chi connectivity index (χ4n) is 3.54. The predicted octanol–water partition coefficient (Wildman–Crippen LogP) is 4.06. The molecule has 2 N–H and O–H groups in total. The van der Waals surface area contributed by atoms with Crippen LogP contribution in [-0.2, 0) is 11.0 Å². The first-order chi connectivity index (χ1) is 15.1. The average Bonchev–Trinajstić information content (AvgIpc) is 3.25. The molecule has 3 rings (SSSR count). The number of nitriles is 1. The molecular formula is C23H26F3N5O. The lowest BCUT2D eigenvalue weighted by Gasteiger charge is -2.28. The van der Waals surface area contributed by atoms with E-state index >= 15 is 0 Å². The molecular weight excluding hydrogens is 419 g/mol. The van der Waals surface area contributed by atoms with E-state index < -0.39 is 17.3 Å². The number of likely N-dealkylation sites (tertiary alicyclic amines) is 1. The molecule has 1 aliphatic heterocycles. The molecule has 2 heterocycles. The molecule has 1 aliphatic rings. The van der Waals surface area contributed by atoms with Gasteiger partial charge in [0.1, 0.15) is 11.9 Å². The minimum Gasteiger partial charge on any atom is -0.368 e. The standard InChI is InChI=1S/C23H26F3N5O/c1-22(2,29-14-21(32)31-11-5-8-18(31)13-27)15-28-20-10-4-9-19(30-20)16-6-3-7-17(12-16)23(24,25)26/h3-4,6-7,9-10,12,18,29H,5,8,11,14-15H2,1-2H3,(H,28,30). The summed E-state index contributed by atoms with van der Waals surface area (Å²) in [6.07, 6.45) is -2.87. The molecule has 0 saturated carbocycles. The zero-order chi connectivity index (χ0) is 23.4. The number of nitrogens with zero attached hydrogens (tertiary/aromatic N) is 3. The largest absolute Gasteiger partial charge is 0.416 e. The molecule has 1 fully saturated rings. The monoisotopic (exact) mass is 445 g/mol. The molecule has 1 atom stereocenters. The van der Waals surface area contributed by atoms with Crippen molar-refractivity contribution in [2.45, 2.75) is 44.4 Å². The van der Waals surface area contributed by atoms with Gasteiger partial charge >= 0.3 is 6.18 Å². The Balaban J connectivity index is 1.60. The number of aromatic nitrogens is 1. The summed E-state index contributed by atoms with van der Waals surface area (Å²) in [5.41, 5.74) is -0.379. The first-order valence-electron chi connectivity index (χ1n) is 10.4. The Kier molecular flexibility index (Phi) is 7.04. The van der Waals surface area contributed by atoms with Gasteiger partial charge in [-0.15, -0.1) is 0 Å². The van der Waals surface area contributed by atoms with Gasteiger partial charge in [-0.05, 0) is 51.0 Å². The van der Waals surface area contributed by atoms with Crippen molar-refractivity contribution in [1.29, 1.82) is 5.26 Å². The second-order valence-electron chi connectivity index (χ2n) is 8.45. The van der Waals surface area contributed by atoms with Gasteiger partial charge in [-0.3, -0.25) is 4.79 Å². The smallest absolute Gasteiger partial charge is 0.368 e. The van der Waals surface area contributed by atoms with Crippen LogP contribution in [0, 0.1) is 11.3 Å². The lowest BCUT2D eigenvalue weighted by molar-refractivity contribution is -0.137. The van der Waals surface area contributed by atoms with Crippen LogP contribution in [-0.4, -0.2) is 47.0 Å². The van der Waals surface area contributed by atoms with Crippen molar-refractivity contribution in [3.63, 3.8) is 0 Å². The highest BCUT2D eigenvalue weighted by Crippen LogP contribution is 2.32. The molecule has 0 radical (unpaired) electrons. The van der Waals surface area contributed by atoms with Crippen LogP contribution in [0.5, 0.6) is 0 Å². The fourth-order valence-corrected chi connectivity index (χ4v) is 3.54. The lowest BCUT2D eigenvalue weighted by atomic mass is 10.1. The van der Waals surface area contributed by atoms with Crippen LogP contribution in [0.15, 0.2) is 42.5 Å². The topological polar surface area (TPSA) is 81.1 Å². The van der Waals surface area contributed by atoms with Crippen LogP contribution < -0.4 is 10.6 Å². The van der Waals surface area contributed by atoms with Crippen molar-refractivity contribution in [1.82, 2.24) is 15.2 Å². The van der Waals surface area contributed by atoms with Gasteiger partial charge in [-0.2, -0.15) is 18.4 Å². The van der Waals surface area contributed by atoms with E-state index in [9.17, 15) is 18.0 Å². The summed E-state index contributed by atoms with van der Waals surface area (Å²) in [4.78, 5) is 18.5. The zero-order valence-corrected chi connectivity index (χ0v) is 18.0. The van der Waals surface area contributed by atoms with Crippen molar-refractivity contribution in [2.24, 2.45) is 0 Å². The molecule has 0 aliphatic carbocycles. The number of rotatable bonds is 7. The number of nitrogens with one attached hydrogen (secondary N) is 2. The third-order valence-corrected chi connectivity index (χ3v) is 5.39. The lowest BCUT2D eigenvalue weighted by Crippen LogP contribution is -2.50. The van der Waals surface area contributed by atoms with Crippen LogP contribution in [0.3, 0.4) is 0 Å². The van der Waals surface area contributed by atoms with E-state index in [4.69, 9.17) is 5.26 Å². The average molecular weight is 445 g/mol. The molecule has 1 aromatic heterocycles.